The molecule has 1 atom stereocenters. The van der Waals surface area contributed by atoms with Crippen LogP contribution >= 0.6 is 0 Å². The van der Waals surface area contributed by atoms with Crippen molar-refractivity contribution in [3.63, 3.8) is 0 Å². The Kier molecular flexibility index (Phi) is 6.50. The van der Waals surface area contributed by atoms with Crippen LogP contribution in [-0.2, 0) is 0 Å². The molecule has 2 heteroatoms. The van der Waals surface area contributed by atoms with Gasteiger partial charge in [0.15, 0.2) is 0 Å². The van der Waals surface area contributed by atoms with E-state index in [-0.39, 0.29) is 0 Å². The molecule has 0 aliphatic carbocycles. The molecule has 0 aromatic rings. The number of piperidine rings is 1. The molecule has 0 saturated carbocycles. The second kappa shape index (κ2) is 7.38. The van der Waals surface area contributed by atoms with Crippen LogP contribution in [0.4, 0.5) is 0 Å². The fraction of sp³-hybridized carbons (Fsp3) is 1.00. The van der Waals surface area contributed by atoms with Crippen molar-refractivity contribution in [2.24, 2.45) is 11.8 Å². The minimum atomic E-state index is 0.790. The maximum atomic E-state index is 2.66. The van der Waals surface area contributed by atoms with E-state index >= 15 is 0 Å². The molecule has 1 aliphatic rings. The second-order valence-electron chi connectivity index (χ2n) is 6.38. The van der Waals surface area contributed by atoms with E-state index in [2.05, 4.69) is 44.5 Å². The van der Waals surface area contributed by atoms with Gasteiger partial charge in [-0.2, -0.15) is 0 Å². The third-order valence-corrected chi connectivity index (χ3v) is 4.10. The molecule has 0 spiro atoms. The fourth-order valence-electron chi connectivity index (χ4n) is 2.84. The van der Waals surface area contributed by atoms with Gasteiger partial charge in [-0.1, -0.05) is 34.1 Å². The highest BCUT2D eigenvalue weighted by molar-refractivity contribution is 4.79. The van der Waals surface area contributed by atoms with Crippen molar-refractivity contribution < 1.29 is 0 Å². The van der Waals surface area contributed by atoms with E-state index in [4.69, 9.17) is 0 Å². The summed E-state index contributed by atoms with van der Waals surface area (Å²) in [4.78, 5) is 5.24. The summed E-state index contributed by atoms with van der Waals surface area (Å²) in [7, 11) is 2.30. The van der Waals surface area contributed by atoms with Gasteiger partial charge in [-0.3, -0.25) is 0 Å². The van der Waals surface area contributed by atoms with Crippen LogP contribution in [0.3, 0.4) is 0 Å². The van der Waals surface area contributed by atoms with Crippen molar-refractivity contribution in [2.75, 3.05) is 33.2 Å². The molecule has 0 bridgehead atoms. The van der Waals surface area contributed by atoms with Crippen LogP contribution in [0.5, 0.6) is 0 Å². The van der Waals surface area contributed by atoms with Gasteiger partial charge in [0, 0.05) is 19.1 Å². The van der Waals surface area contributed by atoms with Crippen LogP contribution in [0.15, 0.2) is 0 Å². The lowest BCUT2D eigenvalue weighted by atomic mass is 10.0. The zero-order chi connectivity index (χ0) is 12.8. The van der Waals surface area contributed by atoms with Gasteiger partial charge < -0.3 is 9.80 Å². The smallest absolute Gasteiger partial charge is 0.0117 e. The molecule has 0 N–H and O–H groups in total. The highest BCUT2D eigenvalue weighted by Gasteiger charge is 2.23. The molecule has 0 aromatic carbocycles. The minimum Gasteiger partial charge on any atom is -0.303 e. The lowest BCUT2D eigenvalue weighted by molar-refractivity contribution is 0.110. The fourth-order valence-corrected chi connectivity index (χ4v) is 2.84. The van der Waals surface area contributed by atoms with Crippen LogP contribution < -0.4 is 0 Å². The summed E-state index contributed by atoms with van der Waals surface area (Å²) in [6.07, 6.45) is 4.03. The summed E-state index contributed by atoms with van der Waals surface area (Å²) >= 11 is 0. The van der Waals surface area contributed by atoms with Gasteiger partial charge in [-0.15, -0.1) is 0 Å². The minimum absolute atomic E-state index is 0.790. The first-order chi connectivity index (χ1) is 8.02. The Morgan fingerprint density at radius 3 is 2.24 bits per heavy atom. The Bertz CT molecular complexity index is 195. The van der Waals surface area contributed by atoms with E-state index in [0.717, 1.165) is 17.9 Å². The lowest BCUT2D eigenvalue weighted by Gasteiger charge is -2.38. The molecule has 1 fully saturated rings. The molecule has 0 amide bonds. The van der Waals surface area contributed by atoms with Gasteiger partial charge in [0.2, 0.25) is 0 Å². The molecule has 1 heterocycles. The summed E-state index contributed by atoms with van der Waals surface area (Å²) in [6, 6.07) is 0.825. The SMILES string of the molecule is CCC(C)CN1CCC(N(C)CC(C)C)CC1. The molecule has 17 heavy (non-hydrogen) atoms. The molecular formula is C15H32N2. The highest BCUT2D eigenvalue weighted by atomic mass is 15.2. The highest BCUT2D eigenvalue weighted by Crippen LogP contribution is 2.18. The lowest BCUT2D eigenvalue weighted by Crippen LogP contribution is -2.45. The van der Waals surface area contributed by atoms with Crippen molar-refractivity contribution in [3.05, 3.63) is 0 Å². The van der Waals surface area contributed by atoms with E-state index in [1.165, 1.54) is 45.4 Å². The van der Waals surface area contributed by atoms with Gasteiger partial charge in [0.05, 0.1) is 0 Å². The first-order valence-corrected chi connectivity index (χ1v) is 7.45. The summed E-state index contributed by atoms with van der Waals surface area (Å²) in [5.41, 5.74) is 0. The van der Waals surface area contributed by atoms with Gasteiger partial charge in [0.25, 0.3) is 0 Å². The predicted octanol–water partition coefficient (Wildman–Crippen LogP) is 3.08. The van der Waals surface area contributed by atoms with Crippen molar-refractivity contribution >= 4 is 0 Å². The molecular weight excluding hydrogens is 208 g/mol. The van der Waals surface area contributed by atoms with Crippen molar-refractivity contribution in [3.8, 4) is 0 Å². The number of hydrogen-bond acceptors (Lipinski definition) is 2. The topological polar surface area (TPSA) is 6.48 Å². The zero-order valence-electron chi connectivity index (χ0n) is 12.6. The van der Waals surface area contributed by atoms with E-state index in [0.29, 0.717) is 0 Å². The molecule has 1 unspecified atom stereocenters. The third kappa shape index (κ3) is 5.39. The largest absolute Gasteiger partial charge is 0.303 e. The van der Waals surface area contributed by atoms with Crippen molar-refractivity contribution in [1.29, 1.82) is 0 Å². The Hall–Kier alpha value is -0.0800. The standard InChI is InChI=1S/C15H32N2/c1-6-14(4)12-17-9-7-15(8-10-17)16(5)11-13(2)3/h13-15H,6-12H2,1-5H3. The molecule has 0 radical (unpaired) electrons. The summed E-state index contributed by atoms with van der Waals surface area (Å²) in [6.45, 7) is 14.5. The maximum Gasteiger partial charge on any atom is 0.0117 e. The summed E-state index contributed by atoms with van der Waals surface area (Å²) in [5.74, 6) is 1.65. The predicted molar refractivity (Wildman–Crippen MR) is 76.4 cm³/mol. The average molecular weight is 240 g/mol. The Balaban J connectivity index is 2.25. The number of likely N-dealkylation sites (tertiary alicyclic amines) is 1. The normalized spacial score (nSPS) is 21.4. The first kappa shape index (κ1) is 15.0. The van der Waals surface area contributed by atoms with Crippen LogP contribution in [-0.4, -0.2) is 49.1 Å². The molecule has 1 saturated heterocycles. The monoisotopic (exact) mass is 240 g/mol. The molecule has 2 nitrogen and oxygen atoms in total. The van der Waals surface area contributed by atoms with E-state index in [1.54, 1.807) is 0 Å². The first-order valence-electron chi connectivity index (χ1n) is 7.45. The van der Waals surface area contributed by atoms with E-state index < -0.39 is 0 Å². The summed E-state index contributed by atoms with van der Waals surface area (Å²) < 4.78 is 0. The van der Waals surface area contributed by atoms with Crippen LogP contribution in [0.1, 0.15) is 47.0 Å². The van der Waals surface area contributed by atoms with Gasteiger partial charge >= 0.3 is 0 Å². The van der Waals surface area contributed by atoms with Gasteiger partial charge in [-0.25, -0.2) is 0 Å². The van der Waals surface area contributed by atoms with E-state index in [9.17, 15) is 0 Å². The second-order valence-corrected chi connectivity index (χ2v) is 6.38. The Labute approximate surface area is 108 Å². The maximum absolute atomic E-state index is 2.66. The number of hydrogen-bond donors (Lipinski definition) is 0. The summed E-state index contributed by atoms with van der Waals surface area (Å²) in [5, 5.41) is 0. The molecule has 1 aliphatic heterocycles. The van der Waals surface area contributed by atoms with Crippen LogP contribution in [0, 0.1) is 11.8 Å². The van der Waals surface area contributed by atoms with Crippen molar-refractivity contribution in [1.82, 2.24) is 9.80 Å². The van der Waals surface area contributed by atoms with Crippen LogP contribution in [0.2, 0.25) is 0 Å². The van der Waals surface area contributed by atoms with Gasteiger partial charge in [0.1, 0.15) is 0 Å². The van der Waals surface area contributed by atoms with Crippen molar-refractivity contribution in [2.45, 2.75) is 53.0 Å². The average Bonchev–Trinajstić information content (AvgIpc) is 2.28. The zero-order valence-corrected chi connectivity index (χ0v) is 12.6. The number of rotatable bonds is 6. The molecule has 1 rings (SSSR count). The van der Waals surface area contributed by atoms with E-state index in [1.807, 2.05) is 0 Å². The Morgan fingerprint density at radius 2 is 1.76 bits per heavy atom. The molecule has 0 aromatic heterocycles. The van der Waals surface area contributed by atoms with Crippen LogP contribution in [0.25, 0.3) is 0 Å². The quantitative estimate of drug-likeness (QED) is 0.704. The molecule has 102 valence electrons. The number of nitrogens with zero attached hydrogens (tertiary/aromatic N) is 2. The van der Waals surface area contributed by atoms with Gasteiger partial charge in [-0.05, 0) is 44.8 Å². The third-order valence-electron chi connectivity index (χ3n) is 4.10. The Morgan fingerprint density at radius 1 is 1.18 bits per heavy atom.